The first-order valence-corrected chi connectivity index (χ1v) is 9.13. The molecule has 0 radical (unpaired) electrons. The Morgan fingerprint density at radius 1 is 1.24 bits per heavy atom. The molecular formula is C16H12FN5OS2. The molecule has 2 N–H and O–H groups in total. The van der Waals surface area contributed by atoms with E-state index in [9.17, 15) is 4.39 Å². The maximum Gasteiger partial charge on any atom is 0.240 e. The Labute approximate surface area is 150 Å². The van der Waals surface area contributed by atoms with Crippen LogP contribution in [0.25, 0.3) is 21.6 Å². The van der Waals surface area contributed by atoms with Crippen LogP contribution in [0, 0.1) is 5.82 Å². The molecule has 4 rings (SSSR count). The van der Waals surface area contributed by atoms with E-state index < -0.39 is 0 Å². The van der Waals surface area contributed by atoms with Crippen LogP contribution in [0.15, 0.2) is 45.4 Å². The average molecular weight is 373 g/mol. The summed E-state index contributed by atoms with van der Waals surface area (Å²) < 4.78 is 18.6. The molecule has 0 amide bonds. The van der Waals surface area contributed by atoms with Gasteiger partial charge in [-0.3, -0.25) is 0 Å². The summed E-state index contributed by atoms with van der Waals surface area (Å²) in [6.45, 7) is 1.91. The SMILES string of the molecule is CC(Sc1nc(N)c2ccsc2n1)c1nc(-c2cccc(F)c2)no1. The summed E-state index contributed by atoms with van der Waals surface area (Å²) in [6.07, 6.45) is 0. The number of aromatic nitrogens is 4. The highest BCUT2D eigenvalue weighted by molar-refractivity contribution is 7.99. The summed E-state index contributed by atoms with van der Waals surface area (Å²) in [5.41, 5.74) is 6.53. The van der Waals surface area contributed by atoms with Gasteiger partial charge in [-0.05, 0) is 30.5 Å². The molecular weight excluding hydrogens is 361 g/mol. The number of hydrogen-bond donors (Lipinski definition) is 1. The fourth-order valence-electron chi connectivity index (χ4n) is 2.26. The van der Waals surface area contributed by atoms with Crippen molar-refractivity contribution in [2.45, 2.75) is 17.3 Å². The third kappa shape index (κ3) is 3.20. The molecule has 1 atom stereocenters. The Kier molecular flexibility index (Phi) is 4.10. The van der Waals surface area contributed by atoms with Crippen molar-refractivity contribution in [3.8, 4) is 11.4 Å². The fraction of sp³-hybridized carbons (Fsp3) is 0.125. The van der Waals surface area contributed by atoms with Crippen molar-refractivity contribution in [2.75, 3.05) is 5.73 Å². The molecule has 3 heterocycles. The van der Waals surface area contributed by atoms with Gasteiger partial charge in [0.25, 0.3) is 0 Å². The second kappa shape index (κ2) is 6.41. The third-order valence-electron chi connectivity index (χ3n) is 3.49. The van der Waals surface area contributed by atoms with Gasteiger partial charge in [-0.1, -0.05) is 29.1 Å². The van der Waals surface area contributed by atoms with Crippen molar-refractivity contribution in [3.05, 3.63) is 47.4 Å². The molecule has 0 aliphatic carbocycles. The first kappa shape index (κ1) is 16.0. The molecule has 1 aromatic carbocycles. The number of thioether (sulfide) groups is 1. The molecule has 0 spiro atoms. The molecule has 25 heavy (non-hydrogen) atoms. The number of hydrogen-bond acceptors (Lipinski definition) is 8. The van der Waals surface area contributed by atoms with E-state index >= 15 is 0 Å². The van der Waals surface area contributed by atoms with Gasteiger partial charge in [0.15, 0.2) is 5.16 Å². The minimum atomic E-state index is -0.348. The zero-order valence-electron chi connectivity index (χ0n) is 13.0. The summed E-state index contributed by atoms with van der Waals surface area (Å²) in [4.78, 5) is 14.0. The highest BCUT2D eigenvalue weighted by Crippen LogP contribution is 2.35. The van der Waals surface area contributed by atoms with E-state index in [1.165, 1.54) is 35.2 Å². The Hall–Kier alpha value is -2.52. The average Bonchev–Trinajstić information content (AvgIpc) is 3.24. The number of rotatable bonds is 4. The minimum Gasteiger partial charge on any atom is -0.383 e. The van der Waals surface area contributed by atoms with Crippen molar-refractivity contribution < 1.29 is 8.91 Å². The van der Waals surface area contributed by atoms with Gasteiger partial charge in [0.2, 0.25) is 11.7 Å². The maximum absolute atomic E-state index is 13.3. The number of nitrogen functional groups attached to an aromatic ring is 1. The van der Waals surface area contributed by atoms with E-state index in [0.717, 1.165) is 10.2 Å². The Balaban J connectivity index is 1.57. The van der Waals surface area contributed by atoms with Gasteiger partial charge in [-0.15, -0.1) is 11.3 Å². The molecule has 0 aliphatic rings. The monoisotopic (exact) mass is 373 g/mol. The second-order valence-electron chi connectivity index (χ2n) is 5.26. The lowest BCUT2D eigenvalue weighted by atomic mass is 10.2. The van der Waals surface area contributed by atoms with Crippen molar-refractivity contribution in [2.24, 2.45) is 0 Å². The number of nitrogens with zero attached hydrogens (tertiary/aromatic N) is 4. The number of anilines is 1. The van der Waals surface area contributed by atoms with Crippen molar-refractivity contribution in [3.63, 3.8) is 0 Å². The van der Waals surface area contributed by atoms with E-state index in [0.29, 0.717) is 28.3 Å². The van der Waals surface area contributed by atoms with Gasteiger partial charge in [-0.2, -0.15) is 4.98 Å². The van der Waals surface area contributed by atoms with E-state index in [1.54, 1.807) is 12.1 Å². The molecule has 1 unspecified atom stereocenters. The van der Waals surface area contributed by atoms with Crippen LogP contribution >= 0.6 is 23.1 Å². The van der Waals surface area contributed by atoms with Gasteiger partial charge in [0, 0.05) is 5.56 Å². The zero-order chi connectivity index (χ0) is 17.4. The van der Waals surface area contributed by atoms with Crippen LogP contribution in [-0.4, -0.2) is 20.1 Å². The molecule has 4 aromatic rings. The van der Waals surface area contributed by atoms with Gasteiger partial charge in [-0.25, -0.2) is 14.4 Å². The molecule has 0 aliphatic heterocycles. The van der Waals surface area contributed by atoms with Gasteiger partial charge in [0.05, 0.1) is 10.6 Å². The van der Waals surface area contributed by atoms with Crippen molar-refractivity contribution >= 4 is 39.1 Å². The van der Waals surface area contributed by atoms with Gasteiger partial charge >= 0.3 is 0 Å². The summed E-state index contributed by atoms with van der Waals surface area (Å²) in [6, 6.07) is 7.96. The predicted octanol–water partition coefficient (Wildman–Crippen LogP) is 4.32. The smallest absolute Gasteiger partial charge is 0.240 e. The molecule has 0 saturated heterocycles. The van der Waals surface area contributed by atoms with Crippen LogP contribution in [0.2, 0.25) is 0 Å². The second-order valence-corrected chi connectivity index (χ2v) is 7.46. The zero-order valence-corrected chi connectivity index (χ0v) is 14.6. The summed E-state index contributed by atoms with van der Waals surface area (Å²) >= 11 is 2.88. The van der Waals surface area contributed by atoms with Crippen molar-refractivity contribution in [1.29, 1.82) is 0 Å². The maximum atomic E-state index is 13.3. The Morgan fingerprint density at radius 2 is 2.12 bits per heavy atom. The molecule has 126 valence electrons. The summed E-state index contributed by atoms with van der Waals surface area (Å²) in [5.74, 6) is 0.861. The number of benzene rings is 1. The van der Waals surface area contributed by atoms with Crippen LogP contribution in [0.3, 0.4) is 0 Å². The van der Waals surface area contributed by atoms with Crippen LogP contribution in [0.1, 0.15) is 18.1 Å². The normalized spacial score (nSPS) is 12.6. The largest absolute Gasteiger partial charge is 0.383 e. The minimum absolute atomic E-state index is 0.174. The molecule has 9 heteroatoms. The van der Waals surface area contributed by atoms with E-state index in [1.807, 2.05) is 18.4 Å². The molecule has 6 nitrogen and oxygen atoms in total. The van der Waals surface area contributed by atoms with Crippen LogP contribution in [-0.2, 0) is 0 Å². The highest BCUT2D eigenvalue weighted by atomic mass is 32.2. The molecule has 0 bridgehead atoms. The van der Waals surface area contributed by atoms with Gasteiger partial charge in [0.1, 0.15) is 16.5 Å². The fourth-order valence-corrected chi connectivity index (χ4v) is 3.90. The van der Waals surface area contributed by atoms with Gasteiger partial charge < -0.3 is 10.3 Å². The van der Waals surface area contributed by atoms with Crippen LogP contribution in [0.5, 0.6) is 0 Å². The Bertz CT molecular complexity index is 1050. The number of fused-ring (bicyclic) bond motifs is 1. The summed E-state index contributed by atoms with van der Waals surface area (Å²) in [5, 5.41) is 7.07. The molecule has 3 aromatic heterocycles. The Morgan fingerprint density at radius 3 is 2.96 bits per heavy atom. The highest BCUT2D eigenvalue weighted by Gasteiger charge is 2.19. The van der Waals surface area contributed by atoms with E-state index in [2.05, 4.69) is 20.1 Å². The first-order chi connectivity index (χ1) is 12.1. The summed E-state index contributed by atoms with van der Waals surface area (Å²) in [7, 11) is 0. The number of halogens is 1. The quantitative estimate of drug-likeness (QED) is 0.421. The van der Waals surface area contributed by atoms with Crippen molar-refractivity contribution in [1.82, 2.24) is 20.1 Å². The van der Waals surface area contributed by atoms with Crippen LogP contribution in [0.4, 0.5) is 10.2 Å². The lowest BCUT2D eigenvalue weighted by Gasteiger charge is -2.05. The lowest BCUT2D eigenvalue weighted by Crippen LogP contribution is -1.97. The first-order valence-electron chi connectivity index (χ1n) is 7.37. The lowest BCUT2D eigenvalue weighted by molar-refractivity contribution is 0.380. The standard InChI is InChI=1S/C16H12FN5OS2/c1-8(25-16-19-12(18)11-5-6-24-15(11)21-16)14-20-13(22-23-14)9-3-2-4-10(17)7-9/h2-8H,1H3,(H2,18,19,21). The molecule has 0 fully saturated rings. The molecule has 0 saturated carbocycles. The topological polar surface area (TPSA) is 90.7 Å². The number of thiophene rings is 1. The van der Waals surface area contributed by atoms with E-state index in [4.69, 9.17) is 10.3 Å². The number of nitrogens with two attached hydrogens (primary N) is 1. The van der Waals surface area contributed by atoms with Crippen LogP contribution < -0.4 is 5.73 Å². The third-order valence-corrected chi connectivity index (χ3v) is 5.24. The van der Waals surface area contributed by atoms with E-state index in [-0.39, 0.29) is 11.1 Å². The predicted molar refractivity (Wildman–Crippen MR) is 95.8 cm³/mol.